The van der Waals surface area contributed by atoms with Gasteiger partial charge in [-0.1, -0.05) is 0 Å². The number of carbonyl (C=O) groups is 1. The average molecular weight is 416 g/mol. The highest BCUT2D eigenvalue weighted by atomic mass is 16.5. The molecule has 1 saturated heterocycles. The number of methoxy groups -OCH3 is 2. The summed E-state index contributed by atoms with van der Waals surface area (Å²) in [6, 6.07) is 5.63. The minimum atomic E-state index is 0.0659. The molecule has 0 bridgehead atoms. The first-order valence-corrected chi connectivity index (χ1v) is 10.7. The molecule has 0 aliphatic carbocycles. The van der Waals surface area contributed by atoms with Gasteiger partial charge in [0.2, 0.25) is 11.8 Å². The minimum Gasteiger partial charge on any atom is -0.493 e. The van der Waals surface area contributed by atoms with Crippen LogP contribution in [0.2, 0.25) is 0 Å². The summed E-state index contributed by atoms with van der Waals surface area (Å²) in [5.74, 6) is 3.01. The fraction of sp³-hybridized carbons (Fsp3) is 0.565. The van der Waals surface area contributed by atoms with Crippen LogP contribution in [0.3, 0.4) is 0 Å². The highest BCUT2D eigenvalue weighted by molar-refractivity contribution is 5.79. The summed E-state index contributed by atoms with van der Waals surface area (Å²) in [4.78, 5) is 21.8. The molecule has 2 heterocycles. The predicted octanol–water partition coefficient (Wildman–Crippen LogP) is 3.75. The maximum atomic E-state index is 12.8. The van der Waals surface area contributed by atoms with Crippen LogP contribution in [0, 0.1) is 12.8 Å². The molecule has 1 amide bonds. The topological polar surface area (TPSA) is 68.0 Å². The molecule has 1 aliphatic heterocycles. The Hall–Kier alpha value is -2.54. The standard InChI is InChI=1S/C23H33N3O4/c1-6-26(7-2)23(27)18-9-8-12-25(14-18)15-19-16(3)30-22(24-19)17-10-11-20(28-4)21(13-17)29-5/h10-11,13,18H,6-9,12,14-15H2,1-5H3/t18-/m1/s1. The quantitative estimate of drug-likeness (QED) is 0.654. The number of aromatic nitrogens is 1. The fourth-order valence-electron chi connectivity index (χ4n) is 4.07. The van der Waals surface area contributed by atoms with Crippen molar-refractivity contribution in [2.75, 3.05) is 40.4 Å². The molecule has 7 heteroatoms. The second kappa shape index (κ2) is 9.98. The van der Waals surface area contributed by atoms with Crippen LogP contribution in [0.5, 0.6) is 11.5 Å². The van der Waals surface area contributed by atoms with Crippen LogP contribution < -0.4 is 9.47 Å². The first-order chi connectivity index (χ1) is 14.5. The summed E-state index contributed by atoms with van der Waals surface area (Å²) >= 11 is 0. The third-order valence-electron chi connectivity index (χ3n) is 5.83. The number of likely N-dealkylation sites (tertiary alicyclic amines) is 1. The van der Waals surface area contributed by atoms with Crippen molar-refractivity contribution in [2.45, 2.75) is 40.2 Å². The molecule has 1 fully saturated rings. The fourth-order valence-corrected chi connectivity index (χ4v) is 4.07. The molecule has 0 N–H and O–H groups in total. The van der Waals surface area contributed by atoms with E-state index in [1.54, 1.807) is 14.2 Å². The molecule has 0 radical (unpaired) electrons. The average Bonchev–Trinajstić information content (AvgIpc) is 3.14. The zero-order chi connectivity index (χ0) is 21.7. The lowest BCUT2D eigenvalue weighted by molar-refractivity contribution is -0.137. The summed E-state index contributed by atoms with van der Waals surface area (Å²) in [5, 5.41) is 0. The van der Waals surface area contributed by atoms with Crippen LogP contribution in [0.15, 0.2) is 22.6 Å². The molecule has 164 valence electrons. The number of rotatable bonds is 8. The molecule has 1 aromatic heterocycles. The first kappa shape index (κ1) is 22.2. The number of nitrogens with zero attached hydrogens (tertiary/aromatic N) is 3. The lowest BCUT2D eigenvalue weighted by Crippen LogP contribution is -2.44. The van der Waals surface area contributed by atoms with Crippen LogP contribution >= 0.6 is 0 Å². The van der Waals surface area contributed by atoms with Crippen LogP contribution in [-0.2, 0) is 11.3 Å². The van der Waals surface area contributed by atoms with Crippen molar-refractivity contribution in [1.29, 1.82) is 0 Å². The Morgan fingerprint density at radius 2 is 1.97 bits per heavy atom. The van der Waals surface area contributed by atoms with E-state index in [-0.39, 0.29) is 11.8 Å². The number of piperidine rings is 1. The molecule has 0 saturated carbocycles. The number of benzene rings is 1. The normalized spacial score (nSPS) is 17.0. The first-order valence-electron chi connectivity index (χ1n) is 10.7. The maximum absolute atomic E-state index is 12.8. The zero-order valence-corrected chi connectivity index (χ0v) is 18.7. The Kier molecular flexibility index (Phi) is 7.37. The number of hydrogen-bond donors (Lipinski definition) is 0. The summed E-state index contributed by atoms with van der Waals surface area (Å²) < 4.78 is 16.6. The Bertz CT molecular complexity index is 860. The van der Waals surface area contributed by atoms with Gasteiger partial charge in [0.25, 0.3) is 0 Å². The number of amides is 1. The molecule has 30 heavy (non-hydrogen) atoms. The Morgan fingerprint density at radius 1 is 1.23 bits per heavy atom. The van der Waals surface area contributed by atoms with E-state index in [0.717, 1.165) is 56.0 Å². The molecular formula is C23H33N3O4. The third kappa shape index (κ3) is 4.78. The van der Waals surface area contributed by atoms with Gasteiger partial charge in [-0.15, -0.1) is 0 Å². The summed E-state index contributed by atoms with van der Waals surface area (Å²) in [7, 11) is 3.22. The van der Waals surface area contributed by atoms with Crippen molar-refractivity contribution in [3.63, 3.8) is 0 Å². The SMILES string of the molecule is CCN(CC)C(=O)[C@@H]1CCCN(Cc2nc(-c3ccc(OC)c(OC)c3)oc2C)C1. The Balaban J connectivity index is 1.72. The number of hydrogen-bond acceptors (Lipinski definition) is 6. The van der Waals surface area contributed by atoms with Gasteiger partial charge in [-0.05, 0) is 58.4 Å². The van der Waals surface area contributed by atoms with E-state index in [1.807, 2.05) is 43.9 Å². The van der Waals surface area contributed by atoms with E-state index in [2.05, 4.69) is 4.90 Å². The number of oxazole rings is 1. The molecule has 0 unspecified atom stereocenters. The largest absolute Gasteiger partial charge is 0.493 e. The van der Waals surface area contributed by atoms with Gasteiger partial charge in [0.15, 0.2) is 11.5 Å². The molecule has 1 aromatic carbocycles. The highest BCUT2D eigenvalue weighted by Gasteiger charge is 2.29. The van der Waals surface area contributed by atoms with E-state index >= 15 is 0 Å². The molecule has 2 aromatic rings. The van der Waals surface area contributed by atoms with Gasteiger partial charge in [-0.2, -0.15) is 0 Å². The monoisotopic (exact) mass is 415 g/mol. The highest BCUT2D eigenvalue weighted by Crippen LogP contribution is 2.33. The van der Waals surface area contributed by atoms with Crippen molar-refractivity contribution in [3.8, 4) is 23.0 Å². The van der Waals surface area contributed by atoms with Gasteiger partial charge in [0.1, 0.15) is 5.76 Å². The number of aryl methyl sites for hydroxylation is 1. The van der Waals surface area contributed by atoms with Crippen LogP contribution in [0.4, 0.5) is 0 Å². The van der Waals surface area contributed by atoms with E-state index in [9.17, 15) is 4.79 Å². The lowest BCUT2D eigenvalue weighted by Gasteiger charge is -2.34. The van der Waals surface area contributed by atoms with Gasteiger partial charge in [0, 0.05) is 31.7 Å². The number of carbonyl (C=O) groups excluding carboxylic acids is 1. The summed E-state index contributed by atoms with van der Waals surface area (Å²) in [6.45, 7) is 9.98. The molecule has 3 rings (SSSR count). The van der Waals surface area contributed by atoms with Crippen LogP contribution in [-0.4, -0.2) is 61.1 Å². The maximum Gasteiger partial charge on any atom is 0.226 e. The van der Waals surface area contributed by atoms with E-state index in [0.29, 0.717) is 23.9 Å². The Labute approximate surface area is 179 Å². The molecule has 1 aliphatic rings. The minimum absolute atomic E-state index is 0.0659. The lowest BCUT2D eigenvalue weighted by atomic mass is 9.96. The zero-order valence-electron chi connectivity index (χ0n) is 18.7. The van der Waals surface area contributed by atoms with E-state index in [4.69, 9.17) is 18.9 Å². The van der Waals surface area contributed by atoms with Crippen LogP contribution in [0.25, 0.3) is 11.5 Å². The molecule has 7 nitrogen and oxygen atoms in total. The Morgan fingerprint density at radius 3 is 2.63 bits per heavy atom. The van der Waals surface area contributed by atoms with E-state index in [1.165, 1.54) is 0 Å². The summed E-state index contributed by atoms with van der Waals surface area (Å²) in [6.07, 6.45) is 1.98. The molecule has 0 spiro atoms. The smallest absolute Gasteiger partial charge is 0.226 e. The van der Waals surface area contributed by atoms with Crippen LogP contribution in [0.1, 0.15) is 38.1 Å². The van der Waals surface area contributed by atoms with Crippen molar-refractivity contribution < 1.29 is 18.7 Å². The van der Waals surface area contributed by atoms with Gasteiger partial charge in [-0.3, -0.25) is 9.69 Å². The van der Waals surface area contributed by atoms with Crippen molar-refractivity contribution in [2.24, 2.45) is 5.92 Å². The van der Waals surface area contributed by atoms with Crippen molar-refractivity contribution in [1.82, 2.24) is 14.8 Å². The predicted molar refractivity (Wildman–Crippen MR) is 116 cm³/mol. The van der Waals surface area contributed by atoms with Crippen molar-refractivity contribution in [3.05, 3.63) is 29.7 Å². The third-order valence-corrected chi connectivity index (χ3v) is 5.83. The number of ether oxygens (including phenoxy) is 2. The second-order valence-corrected chi connectivity index (χ2v) is 7.68. The van der Waals surface area contributed by atoms with Gasteiger partial charge in [0.05, 0.1) is 25.8 Å². The summed E-state index contributed by atoms with van der Waals surface area (Å²) in [5.41, 5.74) is 1.76. The molecule has 1 atom stereocenters. The van der Waals surface area contributed by atoms with Gasteiger partial charge in [-0.25, -0.2) is 4.98 Å². The van der Waals surface area contributed by atoms with Gasteiger partial charge < -0.3 is 18.8 Å². The van der Waals surface area contributed by atoms with Crippen molar-refractivity contribution >= 4 is 5.91 Å². The van der Waals surface area contributed by atoms with E-state index < -0.39 is 0 Å². The second-order valence-electron chi connectivity index (χ2n) is 7.68. The molecular weight excluding hydrogens is 382 g/mol. The van der Waals surface area contributed by atoms with Gasteiger partial charge >= 0.3 is 0 Å².